The van der Waals surface area contributed by atoms with Crippen molar-refractivity contribution in [3.63, 3.8) is 0 Å². The molecule has 2 aromatic heterocycles. The van der Waals surface area contributed by atoms with Gasteiger partial charge in [-0.2, -0.15) is 0 Å². The van der Waals surface area contributed by atoms with Crippen LogP contribution in [-0.4, -0.2) is 23.3 Å². The first kappa shape index (κ1) is 12.0. The van der Waals surface area contributed by atoms with Gasteiger partial charge in [-0.3, -0.25) is 0 Å². The van der Waals surface area contributed by atoms with Gasteiger partial charge in [-0.1, -0.05) is 0 Å². The molecule has 0 unspecified atom stereocenters. The van der Waals surface area contributed by atoms with Crippen LogP contribution in [0.15, 0.2) is 60.8 Å². The molecule has 4 aromatic rings. The van der Waals surface area contributed by atoms with Gasteiger partial charge >= 0.3 is 127 Å². The number of fused-ring (bicyclic) bond motifs is 2. The van der Waals surface area contributed by atoms with Gasteiger partial charge in [0.05, 0.1) is 0 Å². The summed E-state index contributed by atoms with van der Waals surface area (Å²) in [7, 11) is 0. The van der Waals surface area contributed by atoms with Gasteiger partial charge < -0.3 is 0 Å². The zero-order valence-corrected chi connectivity index (χ0v) is 13.0. The fourth-order valence-electron chi connectivity index (χ4n) is 2.39. The standard InChI is InChI=1S/C16H10N2SSe/c19-16-12-5-1-2-9-15(12)20-18(16)14-8-3-7-13-11(14)6-4-10-17-13/h1-10H. The molecule has 0 spiro atoms. The Kier molecular flexibility index (Phi) is 2.81. The van der Waals surface area contributed by atoms with E-state index in [9.17, 15) is 0 Å². The predicted molar refractivity (Wildman–Crippen MR) is 86.4 cm³/mol. The SMILES string of the molecule is S=c1c2ccccc2[se]n1-c1cccc2ncccc12. The van der Waals surface area contributed by atoms with Crippen molar-refractivity contribution in [1.82, 2.24) is 8.55 Å². The quantitative estimate of drug-likeness (QED) is 0.385. The Balaban J connectivity index is 2.12. The molecule has 0 N–H and O–H groups in total. The molecule has 2 nitrogen and oxygen atoms in total. The van der Waals surface area contributed by atoms with Crippen LogP contribution in [0.4, 0.5) is 0 Å². The van der Waals surface area contributed by atoms with Crippen LogP contribution < -0.4 is 0 Å². The van der Waals surface area contributed by atoms with Crippen LogP contribution in [0, 0.1) is 4.64 Å². The monoisotopic (exact) mass is 342 g/mol. The number of hydrogen-bond donors (Lipinski definition) is 0. The maximum atomic E-state index is 5.66. The van der Waals surface area contributed by atoms with E-state index in [1.807, 2.05) is 24.4 Å². The number of nitrogens with zero attached hydrogens (tertiary/aromatic N) is 2. The topological polar surface area (TPSA) is 17.8 Å². The van der Waals surface area contributed by atoms with E-state index in [0.29, 0.717) is 0 Å². The second-order valence-electron chi connectivity index (χ2n) is 4.53. The average molecular weight is 341 g/mol. The van der Waals surface area contributed by atoms with E-state index in [1.165, 1.54) is 9.65 Å². The van der Waals surface area contributed by atoms with Crippen LogP contribution in [0.1, 0.15) is 0 Å². The van der Waals surface area contributed by atoms with Gasteiger partial charge in [-0.05, 0) is 0 Å². The Bertz CT molecular complexity index is 979. The van der Waals surface area contributed by atoms with Gasteiger partial charge in [0.15, 0.2) is 0 Å². The molecule has 20 heavy (non-hydrogen) atoms. The van der Waals surface area contributed by atoms with Gasteiger partial charge in [0.25, 0.3) is 0 Å². The molecular formula is C16H10N2SSe. The average Bonchev–Trinajstić information content (AvgIpc) is 2.84. The molecular weight excluding hydrogens is 331 g/mol. The summed E-state index contributed by atoms with van der Waals surface area (Å²) in [6, 6.07) is 18.7. The van der Waals surface area contributed by atoms with Crippen LogP contribution in [-0.2, 0) is 0 Å². The predicted octanol–water partition coefficient (Wildman–Crippen LogP) is 3.97. The first-order valence-electron chi connectivity index (χ1n) is 6.30. The molecule has 0 bridgehead atoms. The Morgan fingerprint density at radius 2 is 1.75 bits per heavy atom. The second kappa shape index (κ2) is 4.67. The van der Waals surface area contributed by atoms with Crippen LogP contribution in [0.25, 0.3) is 26.2 Å². The molecule has 0 amide bonds. The number of rotatable bonds is 1. The van der Waals surface area contributed by atoms with Gasteiger partial charge in [0, 0.05) is 0 Å². The zero-order chi connectivity index (χ0) is 13.5. The normalized spacial score (nSPS) is 11.2. The van der Waals surface area contributed by atoms with E-state index in [4.69, 9.17) is 12.2 Å². The summed E-state index contributed by atoms with van der Waals surface area (Å²) in [5.41, 5.74) is 2.18. The summed E-state index contributed by atoms with van der Waals surface area (Å²) in [5, 5.41) is 2.36. The molecule has 2 aromatic carbocycles. The minimum absolute atomic E-state index is 0.206. The number of aromatic nitrogens is 2. The fraction of sp³-hybridized carbons (Fsp3) is 0. The Morgan fingerprint density at radius 3 is 2.65 bits per heavy atom. The van der Waals surface area contributed by atoms with Crippen molar-refractivity contribution < 1.29 is 0 Å². The van der Waals surface area contributed by atoms with E-state index < -0.39 is 0 Å². The molecule has 0 aliphatic rings. The Labute approximate surface area is 127 Å². The molecule has 96 valence electrons. The van der Waals surface area contributed by atoms with Crippen molar-refractivity contribution in [1.29, 1.82) is 0 Å². The molecule has 0 atom stereocenters. The van der Waals surface area contributed by atoms with Crippen molar-refractivity contribution in [3.8, 4) is 5.69 Å². The summed E-state index contributed by atoms with van der Waals surface area (Å²) in [4.78, 5) is 4.42. The van der Waals surface area contributed by atoms with Gasteiger partial charge in [-0.25, -0.2) is 0 Å². The van der Waals surface area contributed by atoms with E-state index in [1.54, 1.807) is 0 Å². The van der Waals surface area contributed by atoms with Gasteiger partial charge in [-0.15, -0.1) is 0 Å². The second-order valence-corrected chi connectivity index (χ2v) is 6.99. The van der Waals surface area contributed by atoms with Crippen LogP contribution in [0.2, 0.25) is 0 Å². The Morgan fingerprint density at radius 1 is 0.900 bits per heavy atom. The molecule has 0 saturated heterocycles. The molecule has 0 aliphatic heterocycles. The molecule has 0 saturated carbocycles. The molecule has 4 rings (SSSR count). The third-order valence-corrected chi connectivity index (χ3v) is 6.33. The maximum absolute atomic E-state index is 5.66. The first-order valence-corrected chi connectivity index (χ1v) is 8.33. The van der Waals surface area contributed by atoms with E-state index in [-0.39, 0.29) is 14.7 Å². The van der Waals surface area contributed by atoms with Gasteiger partial charge in [0.2, 0.25) is 0 Å². The van der Waals surface area contributed by atoms with Crippen molar-refractivity contribution in [2.45, 2.75) is 0 Å². The molecule has 0 fully saturated rings. The van der Waals surface area contributed by atoms with E-state index in [2.05, 4.69) is 44.9 Å². The zero-order valence-electron chi connectivity index (χ0n) is 10.5. The van der Waals surface area contributed by atoms with Crippen LogP contribution in [0.5, 0.6) is 0 Å². The van der Waals surface area contributed by atoms with Crippen LogP contribution in [0.3, 0.4) is 0 Å². The number of hydrogen-bond acceptors (Lipinski definition) is 2. The van der Waals surface area contributed by atoms with Gasteiger partial charge in [0.1, 0.15) is 0 Å². The van der Waals surface area contributed by atoms with E-state index >= 15 is 0 Å². The summed E-state index contributed by atoms with van der Waals surface area (Å²) in [6.07, 6.45) is 1.83. The third kappa shape index (κ3) is 1.77. The Hall–Kier alpha value is -1.74. The third-order valence-electron chi connectivity index (χ3n) is 3.33. The fourth-order valence-corrected chi connectivity index (χ4v) is 5.19. The molecule has 4 heteroatoms. The molecule has 0 radical (unpaired) electrons. The summed E-state index contributed by atoms with van der Waals surface area (Å²) in [5.74, 6) is 0. The molecule has 0 aliphatic carbocycles. The molecule has 2 heterocycles. The summed E-state index contributed by atoms with van der Waals surface area (Å²) < 4.78 is 4.54. The first-order chi connectivity index (χ1) is 9.84. The van der Waals surface area contributed by atoms with Crippen molar-refractivity contribution in [3.05, 3.63) is 65.4 Å². The van der Waals surface area contributed by atoms with Crippen molar-refractivity contribution >= 4 is 47.5 Å². The van der Waals surface area contributed by atoms with Crippen molar-refractivity contribution in [2.75, 3.05) is 0 Å². The summed E-state index contributed by atoms with van der Waals surface area (Å²) >= 11 is 5.87. The van der Waals surface area contributed by atoms with Crippen LogP contribution >= 0.6 is 12.2 Å². The number of pyridine rings is 1. The van der Waals surface area contributed by atoms with E-state index in [0.717, 1.165) is 21.2 Å². The van der Waals surface area contributed by atoms with Crippen molar-refractivity contribution in [2.24, 2.45) is 0 Å². The summed E-state index contributed by atoms with van der Waals surface area (Å²) in [6.45, 7) is 0. The minimum atomic E-state index is 0.206. The number of benzene rings is 2.